The molecule has 0 aliphatic carbocycles. The van der Waals surface area contributed by atoms with E-state index in [9.17, 15) is 0 Å². The standard InChI is InChI=1S/2Nb.6H2O.Sr/h;;6*1H2;. The van der Waals surface area contributed by atoms with Crippen molar-refractivity contribution in [1.29, 1.82) is 0 Å². The zero-order valence-electron chi connectivity index (χ0n) is 4.60. The predicted octanol–water partition coefficient (Wildman–Crippen LogP) is -5.33. The molecular weight excluding hydrogens is 369 g/mol. The Morgan fingerprint density at radius 2 is 0.333 bits per heavy atom. The molecule has 0 saturated heterocycles. The summed E-state index contributed by atoms with van der Waals surface area (Å²) in [5, 5.41) is 0. The van der Waals surface area contributed by atoms with E-state index >= 15 is 0 Å². The van der Waals surface area contributed by atoms with E-state index in [1.54, 1.807) is 0 Å². The van der Waals surface area contributed by atoms with Gasteiger partial charge in [-0.25, -0.2) is 0 Å². The monoisotopic (exact) mass is 382 g/mol. The molecule has 0 aromatic rings. The number of hydrogen-bond acceptors (Lipinski definition) is 0. The van der Waals surface area contributed by atoms with Gasteiger partial charge in [0.1, 0.15) is 0 Å². The first-order valence-corrected chi connectivity index (χ1v) is 0. The summed E-state index contributed by atoms with van der Waals surface area (Å²) in [5.74, 6) is 0. The third-order valence-corrected chi connectivity index (χ3v) is 0. The minimum Gasteiger partial charge on any atom is -0.412 e. The molecule has 0 fully saturated rings. The van der Waals surface area contributed by atoms with E-state index in [1.807, 2.05) is 0 Å². The summed E-state index contributed by atoms with van der Waals surface area (Å²) >= 11 is 0. The Hall–Kier alpha value is 2.72. The largest absolute Gasteiger partial charge is 0.412 e. The Balaban J connectivity index is 0. The van der Waals surface area contributed by atoms with Crippen molar-refractivity contribution in [2.24, 2.45) is 0 Å². The van der Waals surface area contributed by atoms with Crippen molar-refractivity contribution < 1.29 is 77.6 Å². The second-order valence-corrected chi connectivity index (χ2v) is 0. The van der Waals surface area contributed by atoms with Crippen LogP contribution in [0.2, 0.25) is 0 Å². The van der Waals surface area contributed by atoms with E-state index in [0.717, 1.165) is 0 Å². The summed E-state index contributed by atoms with van der Waals surface area (Å²) in [6, 6.07) is 0. The van der Waals surface area contributed by atoms with Crippen molar-refractivity contribution in [3.8, 4) is 0 Å². The van der Waals surface area contributed by atoms with Gasteiger partial charge in [0.2, 0.25) is 0 Å². The third-order valence-electron chi connectivity index (χ3n) is 0. The van der Waals surface area contributed by atoms with Gasteiger partial charge in [-0.05, 0) is 0 Å². The molecule has 9 heavy (non-hydrogen) atoms. The molecule has 0 saturated carbocycles. The maximum Gasteiger partial charge on any atom is 0 e. The van der Waals surface area contributed by atoms with E-state index in [-0.39, 0.29) is 123 Å². The first kappa shape index (κ1) is 182. The zero-order valence-corrected chi connectivity index (χ0v) is 12.5. The SMILES string of the molecule is O.O.O.O.O.O.[Nb].[Nb].[Sr]. The van der Waals surface area contributed by atoms with Crippen LogP contribution in [0, 0.1) is 0 Å². The van der Waals surface area contributed by atoms with Gasteiger partial charge in [-0.1, -0.05) is 0 Å². The van der Waals surface area contributed by atoms with Crippen LogP contribution < -0.4 is 0 Å². The fourth-order valence-electron chi connectivity index (χ4n) is 0. The quantitative estimate of drug-likeness (QED) is 0.362. The molecule has 0 spiro atoms. The van der Waals surface area contributed by atoms with E-state index < -0.39 is 0 Å². The van der Waals surface area contributed by atoms with Crippen molar-refractivity contribution in [3.05, 3.63) is 0 Å². The van der Waals surface area contributed by atoms with Gasteiger partial charge in [-0.3, -0.25) is 0 Å². The van der Waals surface area contributed by atoms with Gasteiger partial charge in [0.15, 0.2) is 0 Å². The molecule has 0 unspecified atom stereocenters. The summed E-state index contributed by atoms with van der Waals surface area (Å²) in [5.41, 5.74) is 0. The van der Waals surface area contributed by atoms with Crippen molar-refractivity contribution in [1.82, 2.24) is 0 Å². The van der Waals surface area contributed by atoms with Crippen LogP contribution in [0.15, 0.2) is 0 Å². The van der Waals surface area contributed by atoms with Crippen molar-refractivity contribution >= 4 is 45.5 Å². The Kier molecular flexibility index (Phi) is 2770. The Morgan fingerprint density at radius 1 is 0.333 bits per heavy atom. The molecule has 0 atom stereocenters. The molecule has 0 aromatic heterocycles. The number of rotatable bonds is 0. The van der Waals surface area contributed by atoms with Crippen molar-refractivity contribution in [2.75, 3.05) is 0 Å². The maximum atomic E-state index is 0. The average molecular weight is 382 g/mol. The van der Waals surface area contributed by atoms with Gasteiger partial charge in [0.25, 0.3) is 0 Å². The van der Waals surface area contributed by atoms with Gasteiger partial charge in [0.05, 0.1) is 0 Å². The van der Waals surface area contributed by atoms with Crippen LogP contribution in [-0.2, 0) is 44.8 Å². The molecule has 0 bridgehead atoms. The van der Waals surface area contributed by atoms with Crippen LogP contribution in [0.3, 0.4) is 0 Å². The summed E-state index contributed by atoms with van der Waals surface area (Å²) in [6.07, 6.45) is 0. The van der Waals surface area contributed by atoms with Crippen molar-refractivity contribution in [3.63, 3.8) is 0 Å². The van der Waals surface area contributed by atoms with Gasteiger partial charge < -0.3 is 32.9 Å². The minimum absolute atomic E-state index is 0. The van der Waals surface area contributed by atoms with Crippen LogP contribution in [0.4, 0.5) is 0 Å². The van der Waals surface area contributed by atoms with Gasteiger partial charge in [0, 0.05) is 90.2 Å². The minimum atomic E-state index is 0. The first-order valence-electron chi connectivity index (χ1n) is 0. The van der Waals surface area contributed by atoms with Crippen LogP contribution in [0.25, 0.3) is 0 Å². The number of hydrogen-bond donors (Lipinski definition) is 0. The van der Waals surface area contributed by atoms with Crippen LogP contribution in [-0.4, -0.2) is 78.3 Å². The van der Waals surface area contributed by atoms with Gasteiger partial charge in [-0.2, -0.15) is 0 Å². The molecule has 0 aromatic carbocycles. The molecule has 6 nitrogen and oxygen atoms in total. The third kappa shape index (κ3) is 110. The molecule has 12 N–H and O–H groups in total. The molecule has 0 amide bonds. The van der Waals surface area contributed by atoms with E-state index in [1.165, 1.54) is 0 Å². The van der Waals surface area contributed by atoms with Gasteiger partial charge in [-0.15, -0.1) is 0 Å². The molecule has 0 rings (SSSR count). The molecule has 60 valence electrons. The molecular formula is H12Nb2O6Sr. The second-order valence-electron chi connectivity index (χ2n) is 0. The topological polar surface area (TPSA) is 189 Å². The van der Waals surface area contributed by atoms with E-state index in [0.29, 0.717) is 0 Å². The Morgan fingerprint density at radius 3 is 0.333 bits per heavy atom. The predicted molar refractivity (Wildman–Crippen MR) is 27.4 cm³/mol. The van der Waals surface area contributed by atoms with E-state index in [4.69, 9.17) is 0 Å². The molecule has 0 aliphatic heterocycles. The first-order chi connectivity index (χ1) is 0. The second kappa shape index (κ2) is 137. The molecule has 0 heterocycles. The fraction of sp³-hybridized carbons (Fsp3) is 0. The smallest absolute Gasteiger partial charge is 0 e. The summed E-state index contributed by atoms with van der Waals surface area (Å²) in [6.45, 7) is 0. The summed E-state index contributed by atoms with van der Waals surface area (Å²) in [7, 11) is 0. The van der Waals surface area contributed by atoms with Crippen LogP contribution in [0.5, 0.6) is 0 Å². The average Bonchev–Trinajstić information content (AvgIpc) is 0. The fourth-order valence-corrected chi connectivity index (χ4v) is 0. The Bertz CT molecular complexity index is 11.0. The van der Waals surface area contributed by atoms with Crippen LogP contribution >= 0.6 is 0 Å². The maximum absolute atomic E-state index is 0. The molecule has 9 heteroatoms. The summed E-state index contributed by atoms with van der Waals surface area (Å²) in [4.78, 5) is 0. The summed E-state index contributed by atoms with van der Waals surface area (Å²) < 4.78 is 0. The molecule has 4 radical (unpaired) electrons. The van der Waals surface area contributed by atoms with Crippen LogP contribution in [0.1, 0.15) is 0 Å². The Labute approximate surface area is 121 Å². The normalized spacial score (nSPS) is 0. The molecule has 0 aliphatic rings. The van der Waals surface area contributed by atoms with Crippen molar-refractivity contribution in [2.45, 2.75) is 0 Å². The zero-order chi connectivity index (χ0) is 0. The van der Waals surface area contributed by atoms with E-state index in [2.05, 4.69) is 0 Å². The van der Waals surface area contributed by atoms with Gasteiger partial charge >= 0.3 is 0 Å².